The van der Waals surface area contributed by atoms with Gasteiger partial charge in [0.05, 0.1) is 31.8 Å². The number of amides is 3. The van der Waals surface area contributed by atoms with E-state index >= 15 is 8.42 Å². The van der Waals surface area contributed by atoms with Gasteiger partial charge in [-0.15, -0.1) is 0 Å². The van der Waals surface area contributed by atoms with Crippen molar-refractivity contribution in [1.29, 1.82) is 0 Å². The van der Waals surface area contributed by atoms with Crippen LogP contribution in [0.4, 0.5) is 21.2 Å². The van der Waals surface area contributed by atoms with Gasteiger partial charge in [-0.1, -0.05) is 84.4 Å². The molecule has 522 valence electrons. The normalized spacial score (nSPS) is 13.3. The van der Waals surface area contributed by atoms with E-state index in [4.69, 9.17) is 23.9 Å². The van der Waals surface area contributed by atoms with Crippen molar-refractivity contribution in [3.05, 3.63) is 251 Å². The van der Waals surface area contributed by atoms with Crippen LogP contribution >= 0.6 is 0 Å². The number of aromatic nitrogens is 8. The van der Waals surface area contributed by atoms with Crippen LogP contribution < -0.4 is 20.1 Å². The molecule has 0 radical (unpaired) electrons. The van der Waals surface area contributed by atoms with E-state index in [2.05, 4.69) is 35.6 Å². The summed E-state index contributed by atoms with van der Waals surface area (Å²) in [6, 6.07) is 47.7. The van der Waals surface area contributed by atoms with Gasteiger partial charge in [0, 0.05) is 80.9 Å². The Balaban J connectivity index is 0.703. The van der Waals surface area contributed by atoms with Crippen LogP contribution in [0.15, 0.2) is 211 Å². The summed E-state index contributed by atoms with van der Waals surface area (Å²) < 4.78 is 86.0. The van der Waals surface area contributed by atoms with E-state index in [-0.39, 0.29) is 44.2 Å². The third-order valence-corrected chi connectivity index (χ3v) is 20.8. The molecule has 6 aromatic heterocycles. The maximum absolute atomic E-state index is 15.0. The summed E-state index contributed by atoms with van der Waals surface area (Å²) in [6.45, 7) is 14.9. The van der Waals surface area contributed by atoms with Gasteiger partial charge < -0.3 is 39.4 Å². The van der Waals surface area contributed by atoms with Crippen molar-refractivity contribution in [3.8, 4) is 45.6 Å². The van der Waals surface area contributed by atoms with Gasteiger partial charge in [-0.05, 0) is 186 Å². The molecule has 8 heterocycles. The summed E-state index contributed by atoms with van der Waals surface area (Å²) in [6.07, 6.45) is 9.52. The first kappa shape index (κ1) is 68.3. The Morgan fingerprint density at radius 2 is 1.03 bits per heavy atom. The van der Waals surface area contributed by atoms with Crippen molar-refractivity contribution in [2.75, 3.05) is 23.7 Å². The Labute approximate surface area is 595 Å². The maximum atomic E-state index is 15.0. The molecule has 0 saturated heterocycles. The van der Waals surface area contributed by atoms with Gasteiger partial charge in [0.15, 0.2) is 17.1 Å². The van der Waals surface area contributed by atoms with Crippen LogP contribution in [0.2, 0.25) is 0 Å². The van der Waals surface area contributed by atoms with Crippen LogP contribution in [0.1, 0.15) is 96.4 Å². The predicted octanol–water partition coefficient (Wildman–Crippen LogP) is 14.7. The van der Waals surface area contributed by atoms with Gasteiger partial charge in [-0.25, -0.2) is 64.3 Å². The second-order valence-electron chi connectivity index (χ2n) is 27.2. The van der Waals surface area contributed by atoms with Crippen molar-refractivity contribution in [2.45, 2.75) is 108 Å². The summed E-state index contributed by atoms with van der Waals surface area (Å²) in [4.78, 5) is 71.3. The first-order chi connectivity index (χ1) is 49.3. The number of nitrogens with zero attached hydrogens (tertiary/aromatic N) is 10. The first-order valence-electron chi connectivity index (χ1n) is 33.4. The molecule has 0 saturated carbocycles. The summed E-state index contributed by atoms with van der Waals surface area (Å²) in [7, 11) is -8.61. The Kier molecular flexibility index (Phi) is 18.3. The number of aryl methyl sites for hydroxylation is 1. The molecular weight excluding hydrogens is 1350 g/mol. The standard InChI is InChI=1S/C78H72N12O11S2/c1-49-13-25-60(26-14-49)102(94,95)89-46-62(69-65(29-34-80-72(69)89)98-58-23-21-53-32-37-87(44-56(53)40-58)75(92)100-77(2,3)4)64-42-68(84-48-83-64)86-74(91)55-19-15-50(16-20-55)39-51-17-27-61(28-18-51)103(96,97)90-47-63(71-79-36-31-67(85-71)82-43-52-11-9-8-10-12-52)70-66(30-35-81-73(70)90)99-59-24-22-54-33-38-88(45-57(54)41-59)76(93)101-78(5,6)7/h8-31,34-36,40-42,46-48H,32-33,37-39,43-45H2,1-7H3,(H,79,82,85)(H,83,84,86,91). The number of anilines is 2. The number of carbonyl (C=O) groups is 3. The van der Waals surface area contributed by atoms with Crippen molar-refractivity contribution in [3.63, 3.8) is 0 Å². The fraction of sp³-hybridized carbons (Fsp3) is 0.218. The molecule has 2 aliphatic rings. The van der Waals surface area contributed by atoms with Gasteiger partial charge in [0.1, 0.15) is 52.2 Å². The molecule has 0 unspecified atom stereocenters. The highest BCUT2D eigenvalue weighted by Crippen LogP contribution is 2.42. The average Bonchev–Trinajstić information content (AvgIpc) is 1.60. The second kappa shape index (κ2) is 27.6. The second-order valence-corrected chi connectivity index (χ2v) is 30.9. The number of nitrogens with one attached hydrogen (secondary N) is 2. The molecule has 3 amide bonds. The van der Waals surface area contributed by atoms with E-state index < -0.39 is 49.3 Å². The highest BCUT2D eigenvalue weighted by Gasteiger charge is 2.32. The lowest BCUT2D eigenvalue weighted by atomic mass is 10.00. The lowest BCUT2D eigenvalue weighted by molar-refractivity contribution is 0.0213. The SMILES string of the molecule is Cc1ccc(S(=O)(=O)n2cc(-c3cc(NC(=O)c4ccc(Cc5ccc(S(=O)(=O)n6cc(-c7nccc(NCc8ccccc8)n7)c7c(Oc8ccc9c(c8)CN(C(=O)OC(C)(C)C)CC9)ccnc76)cc5)cc4)ncn3)c3c(Oc4ccc5c(c4)CN(C(=O)OC(C)(C)C)CC5)ccnc32)cc1. The molecule has 0 atom stereocenters. The van der Waals surface area contributed by atoms with Crippen LogP contribution in [-0.4, -0.2) is 107 Å². The zero-order valence-electron chi connectivity index (χ0n) is 57.5. The maximum Gasteiger partial charge on any atom is 0.410 e. The molecule has 23 nitrogen and oxygen atoms in total. The molecule has 25 heteroatoms. The zero-order valence-corrected chi connectivity index (χ0v) is 59.1. The van der Waals surface area contributed by atoms with E-state index in [1.54, 1.807) is 82.7 Å². The summed E-state index contributed by atoms with van der Waals surface area (Å²) in [5.74, 6) is 1.82. The van der Waals surface area contributed by atoms with E-state index in [9.17, 15) is 22.8 Å². The number of hydrogen-bond acceptors (Lipinski definition) is 18. The molecule has 0 spiro atoms. The summed E-state index contributed by atoms with van der Waals surface area (Å²) in [5, 5.41) is 6.89. The Morgan fingerprint density at radius 3 is 1.58 bits per heavy atom. The van der Waals surface area contributed by atoms with Crippen molar-refractivity contribution in [2.24, 2.45) is 0 Å². The lowest BCUT2D eigenvalue weighted by Crippen LogP contribution is -2.39. The summed E-state index contributed by atoms with van der Waals surface area (Å²) >= 11 is 0. The van der Waals surface area contributed by atoms with Gasteiger partial charge in [-0.2, -0.15) is 0 Å². The van der Waals surface area contributed by atoms with Gasteiger partial charge >= 0.3 is 12.2 Å². The topological polar surface area (TPSA) is 274 Å². The lowest BCUT2D eigenvalue weighted by Gasteiger charge is -2.31. The molecule has 0 aliphatic carbocycles. The first-order valence-corrected chi connectivity index (χ1v) is 36.3. The molecule has 2 aliphatic heterocycles. The molecule has 2 N–H and O–H groups in total. The van der Waals surface area contributed by atoms with Crippen LogP contribution in [0, 0.1) is 6.92 Å². The van der Waals surface area contributed by atoms with E-state index in [0.29, 0.717) is 103 Å². The number of rotatable bonds is 17. The molecule has 0 bridgehead atoms. The number of fused-ring (bicyclic) bond motifs is 4. The minimum Gasteiger partial charge on any atom is -0.457 e. The largest absolute Gasteiger partial charge is 0.457 e. The van der Waals surface area contributed by atoms with Crippen LogP contribution in [-0.2, 0) is 68.4 Å². The fourth-order valence-electron chi connectivity index (χ4n) is 12.4. The molecule has 12 aromatic rings. The number of hydrogen-bond donors (Lipinski definition) is 2. The van der Waals surface area contributed by atoms with E-state index in [0.717, 1.165) is 52.5 Å². The van der Waals surface area contributed by atoms with Gasteiger partial charge in [-0.3, -0.25) is 4.79 Å². The molecule has 14 rings (SSSR count). The van der Waals surface area contributed by atoms with Crippen molar-refractivity contribution >= 4 is 71.8 Å². The van der Waals surface area contributed by atoms with E-state index in [1.807, 2.05) is 115 Å². The Hall–Kier alpha value is -11.8. The summed E-state index contributed by atoms with van der Waals surface area (Å²) in [5.41, 5.74) is 7.44. The quantitative estimate of drug-likeness (QED) is 0.0857. The monoisotopic (exact) mass is 1420 g/mol. The van der Waals surface area contributed by atoms with Gasteiger partial charge in [0.2, 0.25) is 0 Å². The average molecular weight is 1420 g/mol. The Bertz CT molecular complexity index is 5510. The number of pyridine rings is 2. The highest BCUT2D eigenvalue weighted by atomic mass is 32.2. The van der Waals surface area contributed by atoms with Gasteiger partial charge in [0.25, 0.3) is 26.0 Å². The smallest absolute Gasteiger partial charge is 0.410 e. The van der Waals surface area contributed by atoms with Crippen molar-refractivity contribution in [1.82, 2.24) is 47.6 Å². The fourth-order valence-corrected chi connectivity index (χ4v) is 15.0. The number of carbonyl (C=O) groups excluding carboxylic acids is 3. The predicted molar refractivity (Wildman–Crippen MR) is 389 cm³/mol. The molecular formula is C78H72N12O11S2. The number of benzene rings is 6. The molecule has 0 fully saturated rings. The minimum atomic E-state index is -4.36. The van der Waals surface area contributed by atoms with Crippen LogP contribution in [0.3, 0.4) is 0 Å². The van der Waals surface area contributed by atoms with Crippen LogP contribution in [0.5, 0.6) is 23.0 Å². The minimum absolute atomic E-state index is 0.0134. The molecule has 103 heavy (non-hydrogen) atoms. The highest BCUT2D eigenvalue weighted by molar-refractivity contribution is 7.90. The Morgan fingerprint density at radius 1 is 0.515 bits per heavy atom. The van der Waals surface area contributed by atoms with Crippen LogP contribution in [0.25, 0.3) is 44.7 Å². The third-order valence-electron chi connectivity index (χ3n) is 17.5. The zero-order chi connectivity index (χ0) is 72.0. The van der Waals surface area contributed by atoms with E-state index in [1.165, 1.54) is 61.4 Å². The number of ether oxygens (including phenoxy) is 4. The third kappa shape index (κ3) is 14.9. The molecule has 6 aromatic carbocycles. The van der Waals surface area contributed by atoms with Crippen molar-refractivity contribution < 1.29 is 50.2 Å².